The number of nitrogens with zero attached hydrogens (tertiary/aromatic N) is 5. The first-order valence-corrected chi connectivity index (χ1v) is 9.36. The summed E-state index contributed by atoms with van der Waals surface area (Å²) >= 11 is 0. The smallest absolute Gasteiger partial charge is 0.317 e. The van der Waals surface area contributed by atoms with E-state index >= 15 is 0 Å². The van der Waals surface area contributed by atoms with Crippen LogP contribution in [-0.2, 0) is 4.79 Å². The van der Waals surface area contributed by atoms with E-state index in [0.29, 0.717) is 32.5 Å². The summed E-state index contributed by atoms with van der Waals surface area (Å²) in [6, 6.07) is 7.96. The summed E-state index contributed by atoms with van der Waals surface area (Å²) in [5.74, 6) is 1.07. The zero-order valence-electron chi connectivity index (χ0n) is 15.5. The number of hydrogen-bond donors (Lipinski definition) is 1. The molecule has 1 atom stereocenters. The highest BCUT2D eigenvalue weighted by molar-refractivity contribution is 5.89. The Morgan fingerprint density at radius 1 is 1.15 bits per heavy atom. The molecule has 1 aromatic carbocycles. The van der Waals surface area contributed by atoms with E-state index < -0.39 is 0 Å². The molecule has 0 saturated carbocycles. The second-order valence-corrected chi connectivity index (χ2v) is 7.15. The summed E-state index contributed by atoms with van der Waals surface area (Å²) in [7, 11) is 1.78. The summed E-state index contributed by atoms with van der Waals surface area (Å²) in [5.41, 5.74) is 0.929. The number of para-hydroxylation sites is 1. The molecule has 2 fully saturated rings. The molecule has 1 aromatic heterocycles. The highest BCUT2D eigenvalue weighted by atomic mass is 16.2. The number of rotatable bonds is 2. The fourth-order valence-electron chi connectivity index (χ4n) is 3.76. The van der Waals surface area contributed by atoms with Gasteiger partial charge in [0.1, 0.15) is 12.1 Å². The van der Waals surface area contributed by atoms with Gasteiger partial charge in [0.05, 0.1) is 5.52 Å². The van der Waals surface area contributed by atoms with Gasteiger partial charge < -0.3 is 20.0 Å². The molecule has 1 N–H and O–H groups in total. The lowest BCUT2D eigenvalue weighted by atomic mass is 10.1. The molecule has 0 bridgehead atoms. The number of carbonyl (C=O) groups excluding carboxylic acids is 2. The molecule has 2 aliphatic heterocycles. The van der Waals surface area contributed by atoms with Gasteiger partial charge in [-0.2, -0.15) is 0 Å². The van der Waals surface area contributed by atoms with Gasteiger partial charge in [-0.05, 0) is 18.6 Å². The van der Waals surface area contributed by atoms with Crippen LogP contribution in [-0.4, -0.2) is 77.5 Å². The molecule has 0 unspecified atom stereocenters. The number of hydrogen-bond acceptors (Lipinski definition) is 5. The summed E-state index contributed by atoms with van der Waals surface area (Å²) < 4.78 is 0. The summed E-state index contributed by atoms with van der Waals surface area (Å²) in [6.07, 6.45) is 2.80. The lowest BCUT2D eigenvalue weighted by molar-refractivity contribution is -0.132. The predicted molar refractivity (Wildman–Crippen MR) is 103 cm³/mol. The molecule has 0 aliphatic carbocycles. The summed E-state index contributed by atoms with van der Waals surface area (Å²) in [6.45, 7) is 3.34. The first-order chi connectivity index (χ1) is 13.1. The molecule has 3 amide bonds. The Kier molecular flexibility index (Phi) is 4.79. The second kappa shape index (κ2) is 7.38. The average molecular weight is 368 g/mol. The minimum Gasteiger partial charge on any atom is -0.352 e. The van der Waals surface area contributed by atoms with Crippen LogP contribution in [0.3, 0.4) is 0 Å². The first-order valence-electron chi connectivity index (χ1n) is 9.36. The Hall–Kier alpha value is -2.90. The Morgan fingerprint density at radius 3 is 2.70 bits per heavy atom. The topological polar surface area (TPSA) is 81.7 Å². The maximum absolute atomic E-state index is 12.6. The maximum atomic E-state index is 12.6. The van der Waals surface area contributed by atoms with E-state index in [2.05, 4.69) is 20.2 Å². The molecule has 0 radical (unpaired) electrons. The van der Waals surface area contributed by atoms with E-state index in [9.17, 15) is 9.59 Å². The molecular formula is C19H24N6O2. The molecule has 2 aliphatic rings. The number of carbonyl (C=O) groups is 2. The van der Waals surface area contributed by atoms with Gasteiger partial charge in [-0.3, -0.25) is 4.79 Å². The van der Waals surface area contributed by atoms with Gasteiger partial charge in [0, 0.05) is 57.6 Å². The number of piperidine rings is 1. The molecular weight excluding hydrogens is 344 g/mol. The van der Waals surface area contributed by atoms with Crippen LogP contribution < -0.4 is 10.2 Å². The normalized spacial score (nSPS) is 20.9. The fraction of sp³-hybridized carbons (Fsp3) is 0.474. The van der Waals surface area contributed by atoms with Crippen LogP contribution in [0.4, 0.5) is 10.6 Å². The van der Waals surface area contributed by atoms with Crippen molar-refractivity contribution in [2.24, 2.45) is 0 Å². The number of aromatic nitrogens is 2. The Balaban J connectivity index is 1.36. The maximum Gasteiger partial charge on any atom is 0.317 e. The first kappa shape index (κ1) is 17.5. The Bertz CT molecular complexity index is 844. The van der Waals surface area contributed by atoms with E-state index in [4.69, 9.17) is 0 Å². The standard InChI is InChI=1S/C19H24N6O2/c1-23-12-14(6-7-17(23)26)22-19(27)25-10-8-24(9-11-25)18-15-4-2-3-5-16(15)20-13-21-18/h2-5,13-14H,6-12H2,1H3,(H,22,27)/t14-/m1/s1. The van der Waals surface area contributed by atoms with Crippen molar-refractivity contribution in [2.45, 2.75) is 18.9 Å². The van der Waals surface area contributed by atoms with Gasteiger partial charge in [0.25, 0.3) is 0 Å². The SMILES string of the molecule is CN1C[C@H](NC(=O)N2CCN(c3ncnc4ccccc34)CC2)CCC1=O. The summed E-state index contributed by atoms with van der Waals surface area (Å²) in [5, 5.41) is 4.11. The second-order valence-electron chi connectivity index (χ2n) is 7.15. The van der Waals surface area contributed by atoms with Crippen LogP contribution in [0.15, 0.2) is 30.6 Å². The van der Waals surface area contributed by atoms with Crippen LogP contribution in [0.2, 0.25) is 0 Å². The van der Waals surface area contributed by atoms with E-state index in [1.54, 1.807) is 18.3 Å². The largest absolute Gasteiger partial charge is 0.352 e. The average Bonchev–Trinajstić information content (AvgIpc) is 2.70. The van der Waals surface area contributed by atoms with Crippen molar-refractivity contribution in [3.63, 3.8) is 0 Å². The predicted octanol–water partition coefficient (Wildman–Crippen LogP) is 1.08. The molecule has 4 rings (SSSR count). The van der Waals surface area contributed by atoms with E-state index in [0.717, 1.165) is 29.8 Å². The number of benzene rings is 1. The van der Waals surface area contributed by atoms with Gasteiger partial charge in [-0.1, -0.05) is 12.1 Å². The van der Waals surface area contributed by atoms with Gasteiger partial charge in [0.2, 0.25) is 5.91 Å². The highest BCUT2D eigenvalue weighted by Gasteiger charge is 2.28. The Labute approximate surface area is 158 Å². The molecule has 8 heteroatoms. The number of piperazine rings is 1. The fourth-order valence-corrected chi connectivity index (χ4v) is 3.76. The molecule has 3 heterocycles. The number of likely N-dealkylation sites (tertiary alicyclic amines) is 1. The number of fused-ring (bicyclic) bond motifs is 1. The summed E-state index contributed by atoms with van der Waals surface area (Å²) in [4.78, 5) is 38.7. The van der Waals surface area contributed by atoms with Crippen molar-refractivity contribution in [1.29, 1.82) is 0 Å². The minimum atomic E-state index is -0.0463. The van der Waals surface area contributed by atoms with Crippen LogP contribution in [0.5, 0.6) is 0 Å². The third kappa shape index (κ3) is 3.65. The number of anilines is 1. The highest BCUT2D eigenvalue weighted by Crippen LogP contribution is 2.23. The quantitative estimate of drug-likeness (QED) is 0.858. The van der Waals surface area contributed by atoms with Crippen molar-refractivity contribution in [3.05, 3.63) is 30.6 Å². The van der Waals surface area contributed by atoms with Gasteiger partial charge >= 0.3 is 6.03 Å². The van der Waals surface area contributed by atoms with Gasteiger partial charge in [0.15, 0.2) is 0 Å². The van der Waals surface area contributed by atoms with E-state index in [-0.39, 0.29) is 18.0 Å². The molecule has 27 heavy (non-hydrogen) atoms. The van der Waals surface area contributed by atoms with Crippen LogP contribution >= 0.6 is 0 Å². The van der Waals surface area contributed by atoms with Gasteiger partial charge in [-0.15, -0.1) is 0 Å². The third-order valence-corrected chi connectivity index (χ3v) is 5.34. The minimum absolute atomic E-state index is 0.0315. The van der Waals surface area contributed by atoms with Crippen LogP contribution in [0, 0.1) is 0 Å². The van der Waals surface area contributed by atoms with E-state index in [1.807, 2.05) is 29.2 Å². The molecule has 2 aromatic rings. The number of amides is 3. The van der Waals surface area contributed by atoms with Crippen molar-refractivity contribution >= 4 is 28.7 Å². The zero-order valence-corrected chi connectivity index (χ0v) is 15.5. The molecule has 8 nitrogen and oxygen atoms in total. The van der Waals surface area contributed by atoms with Crippen molar-refractivity contribution < 1.29 is 9.59 Å². The Morgan fingerprint density at radius 2 is 1.93 bits per heavy atom. The molecule has 2 saturated heterocycles. The van der Waals surface area contributed by atoms with Crippen molar-refractivity contribution in [2.75, 3.05) is 44.7 Å². The van der Waals surface area contributed by atoms with Crippen molar-refractivity contribution in [1.82, 2.24) is 25.1 Å². The molecule has 0 spiro atoms. The lowest BCUT2D eigenvalue weighted by Crippen LogP contribution is -2.56. The molecule has 142 valence electrons. The van der Waals surface area contributed by atoms with Crippen molar-refractivity contribution in [3.8, 4) is 0 Å². The van der Waals surface area contributed by atoms with E-state index in [1.165, 1.54) is 0 Å². The third-order valence-electron chi connectivity index (χ3n) is 5.34. The lowest BCUT2D eigenvalue weighted by Gasteiger charge is -2.37. The van der Waals surface area contributed by atoms with Gasteiger partial charge in [-0.25, -0.2) is 14.8 Å². The number of urea groups is 1. The van der Waals surface area contributed by atoms with Crippen LogP contribution in [0.1, 0.15) is 12.8 Å². The monoisotopic (exact) mass is 368 g/mol. The number of nitrogens with one attached hydrogen (secondary N) is 1. The zero-order chi connectivity index (χ0) is 18.8. The number of likely N-dealkylation sites (N-methyl/N-ethyl adjacent to an activating group) is 1. The van der Waals surface area contributed by atoms with Crippen LogP contribution in [0.25, 0.3) is 10.9 Å².